The van der Waals surface area contributed by atoms with Crippen LogP contribution in [-0.4, -0.2) is 76.5 Å². The number of hydrogen-bond acceptors (Lipinski definition) is 6. The Morgan fingerprint density at radius 1 is 1.20 bits per heavy atom. The highest BCUT2D eigenvalue weighted by Crippen LogP contribution is 2.26. The third kappa shape index (κ3) is 7.87. The molecule has 0 spiro atoms. The molecule has 2 N–H and O–H groups in total. The first-order valence-corrected chi connectivity index (χ1v) is 13.4. The topological polar surface area (TPSA) is 124 Å². The Balaban J connectivity index is 1.41. The molecule has 2 heterocycles. The van der Waals surface area contributed by atoms with E-state index in [1.807, 2.05) is 29.2 Å². The van der Waals surface area contributed by atoms with Crippen LogP contribution in [0.25, 0.3) is 0 Å². The number of fused-ring (bicyclic) bond motifs is 1. The van der Waals surface area contributed by atoms with Crippen LogP contribution in [0.2, 0.25) is 5.02 Å². The number of nitrogens with one attached hydrogen (secondary N) is 1. The van der Waals surface area contributed by atoms with Crippen LogP contribution in [0.15, 0.2) is 76.7 Å². The van der Waals surface area contributed by atoms with Crippen molar-refractivity contribution < 1.29 is 24.2 Å². The highest BCUT2D eigenvalue weighted by atomic mass is 35.5. The summed E-state index contributed by atoms with van der Waals surface area (Å²) in [7, 11) is 0. The summed E-state index contributed by atoms with van der Waals surface area (Å²) in [5.74, 6) is 3.69. The average Bonchev–Trinajstić information content (AvgIpc) is 3.14. The van der Waals surface area contributed by atoms with Gasteiger partial charge in [-0.3, -0.25) is 4.79 Å². The summed E-state index contributed by atoms with van der Waals surface area (Å²) in [6, 6.07) is 12.0. The number of urea groups is 1. The summed E-state index contributed by atoms with van der Waals surface area (Å²) < 4.78 is 5.59. The second kappa shape index (κ2) is 14.0. The van der Waals surface area contributed by atoms with Crippen molar-refractivity contribution in [3.8, 4) is 5.75 Å². The van der Waals surface area contributed by atoms with E-state index in [0.717, 1.165) is 17.7 Å². The predicted octanol–water partition coefficient (Wildman–Crippen LogP) is 4.52. The van der Waals surface area contributed by atoms with Crippen molar-refractivity contribution in [1.29, 1.82) is 0 Å². The maximum atomic E-state index is 13.1. The summed E-state index contributed by atoms with van der Waals surface area (Å²) >= 11 is 6.01. The summed E-state index contributed by atoms with van der Waals surface area (Å²) in [4.78, 5) is 49.5. The van der Waals surface area contributed by atoms with E-state index >= 15 is 0 Å². The van der Waals surface area contributed by atoms with Gasteiger partial charge in [0.05, 0.1) is 23.0 Å². The smallest absolute Gasteiger partial charge is 0.410 e. The Bertz CT molecular complexity index is 1510. The van der Waals surface area contributed by atoms with Gasteiger partial charge in [-0.1, -0.05) is 41.6 Å². The summed E-state index contributed by atoms with van der Waals surface area (Å²) in [5.41, 5.74) is 7.32. The minimum Gasteiger partial charge on any atom is -0.506 e. The van der Waals surface area contributed by atoms with E-state index in [2.05, 4.69) is 45.1 Å². The Morgan fingerprint density at radius 2 is 1.98 bits per heavy atom. The lowest BCUT2D eigenvalue weighted by atomic mass is 10.0. The first-order chi connectivity index (χ1) is 19.9. The lowest BCUT2D eigenvalue weighted by Crippen LogP contribution is -2.50. The van der Waals surface area contributed by atoms with E-state index < -0.39 is 18.1 Å². The number of amides is 4. The third-order valence-corrected chi connectivity index (χ3v) is 7.07. The Labute approximate surface area is 242 Å². The maximum absolute atomic E-state index is 13.1. The van der Waals surface area contributed by atoms with Gasteiger partial charge in [0.15, 0.2) is 6.10 Å². The lowest BCUT2D eigenvalue weighted by molar-refractivity contribution is -0.126. The highest BCUT2D eigenvalue weighted by Gasteiger charge is 2.33. The molecule has 0 aliphatic carbocycles. The number of phenolic OH excluding ortho intramolecular Hbond substituents is 1. The third-order valence-electron chi connectivity index (χ3n) is 6.77. The first-order valence-electron chi connectivity index (χ1n) is 13.0. The van der Waals surface area contributed by atoms with Gasteiger partial charge >= 0.3 is 12.1 Å². The van der Waals surface area contributed by atoms with Gasteiger partial charge in [0.1, 0.15) is 5.75 Å². The van der Waals surface area contributed by atoms with Gasteiger partial charge in [-0.05, 0) is 60.9 Å². The molecule has 0 aromatic heterocycles. The predicted molar refractivity (Wildman–Crippen MR) is 155 cm³/mol. The number of carbonyl (C=O) groups excluding carboxylic acids is 3. The fourth-order valence-electron chi connectivity index (χ4n) is 4.66. The van der Waals surface area contributed by atoms with Crippen LogP contribution >= 0.6 is 11.6 Å². The van der Waals surface area contributed by atoms with Gasteiger partial charge in [-0.2, -0.15) is 9.98 Å². The van der Waals surface area contributed by atoms with E-state index in [-0.39, 0.29) is 29.3 Å². The summed E-state index contributed by atoms with van der Waals surface area (Å²) in [6.45, 7) is 4.63. The lowest BCUT2D eigenvalue weighted by Gasteiger charge is -2.37. The van der Waals surface area contributed by atoms with Crippen LogP contribution in [-0.2, 0) is 22.4 Å². The van der Waals surface area contributed by atoms with E-state index in [0.29, 0.717) is 38.0 Å². The van der Waals surface area contributed by atoms with Crippen molar-refractivity contribution in [1.82, 2.24) is 9.80 Å². The van der Waals surface area contributed by atoms with Crippen LogP contribution in [0.3, 0.4) is 0 Å². The zero-order chi connectivity index (χ0) is 29.2. The Morgan fingerprint density at radius 3 is 2.73 bits per heavy atom. The number of ether oxygens (including phenoxy) is 1. The van der Waals surface area contributed by atoms with Crippen molar-refractivity contribution >= 4 is 47.1 Å². The van der Waals surface area contributed by atoms with Gasteiger partial charge in [0.2, 0.25) is 0 Å². The number of phenols is 1. The number of likely N-dealkylation sites (tertiary alicyclic amines) is 1. The number of carbonyl (C=O) groups is 3. The molecule has 2 aromatic rings. The van der Waals surface area contributed by atoms with Crippen molar-refractivity contribution in [3.63, 3.8) is 0 Å². The molecule has 4 rings (SSSR count). The number of rotatable bonds is 6. The van der Waals surface area contributed by atoms with Gasteiger partial charge < -0.3 is 25.0 Å². The second-order valence-corrected chi connectivity index (χ2v) is 9.77. The standard InChI is InChI=1S/C30H28ClN5O5/c1-2-3-13-32-14-15-33-28(38)27(20-21-8-9-26(37)24(31)19-21)41-30(40)35-16-11-23(12-17-35)36-18-10-22-6-4-5-7-25(22)34-29(36)39/h4-9,13,19,23,27,37H,1,10-12,16-18,20H2,(H,34,39)/t27-/m1/s1. The Kier molecular flexibility index (Phi) is 9.98. The molecule has 0 unspecified atom stereocenters. The number of halogens is 1. The number of hydrogen-bond donors (Lipinski definition) is 2. The molecule has 1 fully saturated rings. The van der Waals surface area contributed by atoms with Gasteiger partial charge in [-0.15, -0.1) is 0 Å². The number of piperidine rings is 1. The molecular weight excluding hydrogens is 546 g/mol. The zero-order valence-corrected chi connectivity index (χ0v) is 22.9. The van der Waals surface area contributed by atoms with Crippen molar-refractivity contribution in [2.75, 3.05) is 25.0 Å². The van der Waals surface area contributed by atoms with Gasteiger partial charge in [0, 0.05) is 37.8 Å². The number of aromatic hydroxyl groups is 1. The zero-order valence-electron chi connectivity index (χ0n) is 22.2. The number of anilines is 1. The van der Waals surface area contributed by atoms with Crippen LogP contribution in [0.4, 0.5) is 15.3 Å². The highest BCUT2D eigenvalue weighted by molar-refractivity contribution is 6.32. The average molecular weight is 574 g/mol. The first kappa shape index (κ1) is 29.2. The molecule has 0 saturated carbocycles. The number of aliphatic imine (C=N–C) groups is 2. The summed E-state index contributed by atoms with van der Waals surface area (Å²) in [5, 5.41) is 12.8. The quantitative estimate of drug-likeness (QED) is 0.388. The van der Waals surface area contributed by atoms with Crippen LogP contribution in [0.1, 0.15) is 24.0 Å². The molecule has 11 heteroatoms. The SMILES string of the molecule is C=C=C=CN=C=C=NC(=O)[C@@H](Cc1ccc(O)c(Cl)c1)OC(=O)N1CCC(N2CCc3ccccc3NC2=O)CC1. The van der Waals surface area contributed by atoms with Crippen molar-refractivity contribution in [2.24, 2.45) is 9.98 Å². The molecule has 10 nitrogen and oxygen atoms in total. The largest absolute Gasteiger partial charge is 0.506 e. The minimum absolute atomic E-state index is 0.0308. The van der Waals surface area contributed by atoms with Gasteiger partial charge in [0.25, 0.3) is 5.91 Å². The molecule has 2 aromatic carbocycles. The van der Waals surface area contributed by atoms with E-state index in [1.165, 1.54) is 23.2 Å². The molecule has 2 aliphatic rings. The molecule has 210 valence electrons. The van der Waals surface area contributed by atoms with E-state index in [9.17, 15) is 19.5 Å². The van der Waals surface area contributed by atoms with Crippen molar-refractivity contribution in [2.45, 2.75) is 37.8 Å². The molecule has 1 atom stereocenters. The monoisotopic (exact) mass is 573 g/mol. The number of benzene rings is 2. The van der Waals surface area contributed by atoms with Gasteiger partial charge in [-0.25, -0.2) is 9.59 Å². The molecule has 0 bridgehead atoms. The number of nitrogens with zero attached hydrogens (tertiary/aromatic N) is 4. The molecule has 2 aliphatic heterocycles. The molecule has 41 heavy (non-hydrogen) atoms. The molecule has 0 radical (unpaired) electrons. The van der Waals surface area contributed by atoms with E-state index in [1.54, 1.807) is 6.07 Å². The molecular formula is C30H28ClN5O5. The fourth-order valence-corrected chi connectivity index (χ4v) is 4.86. The van der Waals surface area contributed by atoms with E-state index in [4.69, 9.17) is 16.3 Å². The Hall–Kier alpha value is -4.80. The van der Waals surface area contributed by atoms with Crippen molar-refractivity contribution in [3.05, 3.63) is 82.9 Å². The molecule has 4 amide bonds. The van der Waals surface area contributed by atoms with Crippen LogP contribution in [0, 0.1) is 0 Å². The molecule has 1 saturated heterocycles. The second-order valence-electron chi connectivity index (χ2n) is 9.36. The fraction of sp³-hybridized carbons (Fsp3) is 0.300. The minimum atomic E-state index is -1.28. The number of para-hydroxylation sites is 1. The van der Waals surface area contributed by atoms with Crippen LogP contribution < -0.4 is 5.32 Å². The van der Waals surface area contributed by atoms with Crippen LogP contribution in [0.5, 0.6) is 5.75 Å². The maximum Gasteiger partial charge on any atom is 0.410 e. The summed E-state index contributed by atoms with van der Waals surface area (Å²) in [6.07, 6.45) is 1.10. The normalized spacial score (nSPS) is 15.4.